The third-order valence-electron chi connectivity index (χ3n) is 0.226. The van der Waals surface area contributed by atoms with Gasteiger partial charge in [-0.15, -0.1) is 5.73 Å². The molecule has 0 atom stereocenters. The quantitative estimate of drug-likeness (QED) is 0.286. The van der Waals surface area contributed by atoms with Crippen molar-refractivity contribution in [3.05, 3.63) is 18.4 Å². The molecule has 34 valence electrons. The van der Waals surface area contributed by atoms with E-state index >= 15 is 0 Å². The Kier molecular flexibility index (Phi) is 8.62. The van der Waals surface area contributed by atoms with Crippen molar-refractivity contribution in [1.29, 1.82) is 0 Å². The van der Waals surface area contributed by atoms with Crippen LogP contribution in [-0.4, -0.2) is 40.6 Å². The molecular weight excluding hydrogens is 103 g/mol. The molecule has 0 aromatic carbocycles. The molecule has 0 rings (SSSR count). The van der Waals surface area contributed by atoms with Crippen LogP contribution in [0.1, 0.15) is 0 Å². The summed E-state index contributed by atoms with van der Waals surface area (Å²) in [5, 5.41) is 7.76. The van der Waals surface area contributed by atoms with Gasteiger partial charge >= 0.3 is 35.5 Å². The molecule has 0 aliphatic carbocycles. The van der Waals surface area contributed by atoms with Crippen LogP contribution in [0.4, 0.5) is 0 Å². The summed E-state index contributed by atoms with van der Waals surface area (Å²) in [5.41, 5.74) is 2.09. The van der Waals surface area contributed by atoms with Gasteiger partial charge in [0.1, 0.15) is 0 Å². The van der Waals surface area contributed by atoms with Crippen LogP contribution in [0.15, 0.2) is 18.4 Å². The van der Waals surface area contributed by atoms with E-state index in [2.05, 4.69) is 12.3 Å². The standard InChI is InChI=1S/C4H4O2.Na.H/c1-2-3-4(5)6;;/h3H,1H2,(H,5,6);;. The van der Waals surface area contributed by atoms with Crippen molar-refractivity contribution in [3.8, 4) is 0 Å². The molecule has 0 heterocycles. The predicted molar refractivity (Wildman–Crippen MR) is 28.5 cm³/mol. The Balaban J connectivity index is 0. The number of aliphatic carboxylic acids is 1. The molecule has 0 saturated heterocycles. The zero-order chi connectivity index (χ0) is 4.99. The first kappa shape index (κ1) is 10.1. The zero-order valence-corrected chi connectivity index (χ0v) is 3.14. The normalized spacial score (nSPS) is 5.14. The molecular formula is C4H5NaO2. The van der Waals surface area contributed by atoms with E-state index in [9.17, 15) is 4.79 Å². The predicted octanol–water partition coefficient (Wildman–Crippen LogP) is -0.236. The molecule has 0 amide bonds. The van der Waals surface area contributed by atoms with Crippen LogP contribution in [0.25, 0.3) is 0 Å². The SMILES string of the molecule is C=C=CC(=O)O.[NaH]. The summed E-state index contributed by atoms with van der Waals surface area (Å²) in [4.78, 5) is 9.44. The molecule has 0 aliphatic rings. The van der Waals surface area contributed by atoms with E-state index < -0.39 is 5.97 Å². The van der Waals surface area contributed by atoms with E-state index in [1.165, 1.54) is 0 Å². The average molecular weight is 108 g/mol. The van der Waals surface area contributed by atoms with Crippen molar-refractivity contribution in [1.82, 2.24) is 0 Å². The number of carboxylic acids is 1. The van der Waals surface area contributed by atoms with Gasteiger partial charge in [-0.05, 0) is 0 Å². The minimum absolute atomic E-state index is 0. The molecule has 1 N–H and O–H groups in total. The van der Waals surface area contributed by atoms with Gasteiger partial charge in [0.2, 0.25) is 0 Å². The molecule has 7 heavy (non-hydrogen) atoms. The molecule has 0 aromatic rings. The molecule has 0 bridgehead atoms. The van der Waals surface area contributed by atoms with Gasteiger partial charge in [0, 0.05) is 0 Å². The van der Waals surface area contributed by atoms with Gasteiger partial charge in [0.15, 0.2) is 0 Å². The zero-order valence-electron chi connectivity index (χ0n) is 3.14. The summed E-state index contributed by atoms with van der Waals surface area (Å²) in [7, 11) is 0. The second-order valence-electron chi connectivity index (χ2n) is 0.687. The van der Waals surface area contributed by atoms with Crippen molar-refractivity contribution < 1.29 is 9.90 Å². The third kappa shape index (κ3) is 10.7. The van der Waals surface area contributed by atoms with Gasteiger partial charge in [-0.3, -0.25) is 0 Å². The Morgan fingerprint density at radius 1 is 1.86 bits per heavy atom. The molecule has 2 nitrogen and oxygen atoms in total. The van der Waals surface area contributed by atoms with E-state index in [0.717, 1.165) is 6.08 Å². The summed E-state index contributed by atoms with van der Waals surface area (Å²) in [6.45, 7) is 3.04. The van der Waals surface area contributed by atoms with Gasteiger partial charge in [0.25, 0.3) is 0 Å². The Labute approximate surface area is 63.8 Å². The van der Waals surface area contributed by atoms with Crippen molar-refractivity contribution in [3.63, 3.8) is 0 Å². The van der Waals surface area contributed by atoms with Gasteiger partial charge in [0.05, 0.1) is 6.08 Å². The van der Waals surface area contributed by atoms with Crippen molar-refractivity contribution in [2.75, 3.05) is 0 Å². The van der Waals surface area contributed by atoms with E-state index in [1.807, 2.05) is 0 Å². The first-order valence-electron chi connectivity index (χ1n) is 1.36. The minimum atomic E-state index is -1.01. The summed E-state index contributed by atoms with van der Waals surface area (Å²) in [5.74, 6) is -1.01. The first-order chi connectivity index (χ1) is 2.77. The third-order valence-corrected chi connectivity index (χ3v) is 0.226. The Morgan fingerprint density at radius 2 is 2.29 bits per heavy atom. The Hall–Kier alpha value is -0.0100. The monoisotopic (exact) mass is 108 g/mol. The first-order valence-corrected chi connectivity index (χ1v) is 1.36. The van der Waals surface area contributed by atoms with Crippen LogP contribution in [-0.2, 0) is 4.79 Å². The molecule has 0 unspecified atom stereocenters. The number of hydrogen-bond acceptors (Lipinski definition) is 1. The van der Waals surface area contributed by atoms with Crippen molar-refractivity contribution in [2.24, 2.45) is 0 Å². The molecule has 0 fully saturated rings. The van der Waals surface area contributed by atoms with Crippen molar-refractivity contribution >= 4 is 35.5 Å². The van der Waals surface area contributed by atoms with Crippen LogP contribution >= 0.6 is 0 Å². The molecule has 0 radical (unpaired) electrons. The molecule has 0 saturated carbocycles. The molecule has 0 aliphatic heterocycles. The molecule has 0 aromatic heterocycles. The van der Waals surface area contributed by atoms with E-state index in [0.29, 0.717) is 0 Å². The number of carbonyl (C=O) groups is 1. The molecule has 3 heteroatoms. The van der Waals surface area contributed by atoms with Crippen LogP contribution in [0.5, 0.6) is 0 Å². The van der Waals surface area contributed by atoms with Gasteiger partial charge in [-0.1, -0.05) is 6.58 Å². The maximum absolute atomic E-state index is 9.44. The number of hydrogen-bond donors (Lipinski definition) is 1. The number of rotatable bonds is 1. The Bertz CT molecular complexity index is 102. The van der Waals surface area contributed by atoms with Crippen LogP contribution < -0.4 is 0 Å². The van der Waals surface area contributed by atoms with Crippen LogP contribution in [0.2, 0.25) is 0 Å². The fourth-order valence-electron chi connectivity index (χ4n) is 0.0873. The van der Waals surface area contributed by atoms with Crippen LogP contribution in [0.3, 0.4) is 0 Å². The second-order valence-corrected chi connectivity index (χ2v) is 0.687. The fraction of sp³-hybridized carbons (Fsp3) is 0. The van der Waals surface area contributed by atoms with Gasteiger partial charge < -0.3 is 5.11 Å². The van der Waals surface area contributed by atoms with Gasteiger partial charge in [-0.2, -0.15) is 0 Å². The van der Waals surface area contributed by atoms with E-state index in [1.54, 1.807) is 0 Å². The fourth-order valence-corrected chi connectivity index (χ4v) is 0.0873. The average Bonchev–Trinajstić information content (AvgIpc) is 1.35. The summed E-state index contributed by atoms with van der Waals surface area (Å²) in [6.07, 6.45) is 0.847. The van der Waals surface area contributed by atoms with Crippen LogP contribution in [0, 0.1) is 0 Å². The molecule has 0 spiro atoms. The summed E-state index contributed by atoms with van der Waals surface area (Å²) in [6, 6.07) is 0. The van der Waals surface area contributed by atoms with E-state index in [4.69, 9.17) is 5.11 Å². The summed E-state index contributed by atoms with van der Waals surface area (Å²) < 4.78 is 0. The number of carboxylic acid groups (broad SMARTS) is 1. The van der Waals surface area contributed by atoms with Gasteiger partial charge in [-0.25, -0.2) is 4.79 Å². The summed E-state index contributed by atoms with van der Waals surface area (Å²) >= 11 is 0. The Morgan fingerprint density at radius 3 is 2.29 bits per heavy atom. The maximum atomic E-state index is 9.44. The topological polar surface area (TPSA) is 37.3 Å². The van der Waals surface area contributed by atoms with Crippen molar-refractivity contribution in [2.45, 2.75) is 0 Å². The van der Waals surface area contributed by atoms with E-state index in [-0.39, 0.29) is 29.6 Å². The second kappa shape index (κ2) is 5.99.